The van der Waals surface area contributed by atoms with E-state index in [4.69, 9.17) is 5.73 Å². The van der Waals surface area contributed by atoms with E-state index in [9.17, 15) is 0 Å². The van der Waals surface area contributed by atoms with Crippen molar-refractivity contribution in [3.05, 3.63) is 0 Å². The summed E-state index contributed by atoms with van der Waals surface area (Å²) in [6.45, 7) is 3.07. The van der Waals surface area contributed by atoms with Crippen LogP contribution in [0.2, 0.25) is 0 Å². The van der Waals surface area contributed by atoms with Crippen LogP contribution < -0.4 is 5.73 Å². The Kier molecular flexibility index (Phi) is 30.4. The molecule has 9 heavy (non-hydrogen) atoms. The molecular formula is C6H18INSn. The number of rotatable bonds is 4. The number of halogens is 1. The maximum absolute atomic E-state index is 5.27. The van der Waals surface area contributed by atoms with Gasteiger partial charge in [-0.05, 0) is 13.0 Å². The molecule has 0 aromatic rings. The van der Waals surface area contributed by atoms with E-state index in [1.807, 2.05) is 0 Å². The van der Waals surface area contributed by atoms with Crippen LogP contribution in [0, 0.1) is 0 Å². The molecular weight excluding hydrogens is 332 g/mol. The molecule has 0 unspecified atom stereocenters. The van der Waals surface area contributed by atoms with E-state index in [1.54, 1.807) is 0 Å². The molecule has 0 saturated heterocycles. The third-order valence-electron chi connectivity index (χ3n) is 1.06. The van der Waals surface area contributed by atoms with Crippen molar-refractivity contribution in [2.75, 3.05) is 6.54 Å². The minimum absolute atomic E-state index is 0. The second-order valence-corrected chi connectivity index (χ2v) is 1.85. The van der Waals surface area contributed by atoms with Crippen molar-refractivity contribution in [3.63, 3.8) is 0 Å². The van der Waals surface area contributed by atoms with E-state index in [-0.39, 0.29) is 47.9 Å². The van der Waals surface area contributed by atoms with Crippen LogP contribution >= 0.6 is 24.0 Å². The number of hydrogen-bond donors (Lipinski definition) is 1. The summed E-state index contributed by atoms with van der Waals surface area (Å²) in [6.07, 6.45) is 5.16. The Morgan fingerprint density at radius 3 is 2.00 bits per heavy atom. The summed E-state index contributed by atoms with van der Waals surface area (Å²) in [7, 11) is 0. The Balaban J connectivity index is -0.000000180. The van der Waals surface area contributed by atoms with Crippen molar-refractivity contribution in [3.8, 4) is 0 Å². The van der Waals surface area contributed by atoms with E-state index in [0.717, 1.165) is 6.54 Å². The van der Waals surface area contributed by atoms with Crippen molar-refractivity contribution in [1.29, 1.82) is 0 Å². The fourth-order valence-electron chi connectivity index (χ4n) is 0.571. The zero-order valence-electron chi connectivity index (χ0n) is 6.23. The zero-order chi connectivity index (χ0) is 5.54. The fraction of sp³-hybridized carbons (Fsp3) is 1.00. The Labute approximate surface area is 92.1 Å². The maximum atomic E-state index is 5.27. The van der Waals surface area contributed by atoms with Crippen LogP contribution in [0.25, 0.3) is 0 Å². The first-order valence-electron chi connectivity index (χ1n) is 3.12. The Morgan fingerprint density at radius 2 is 1.67 bits per heavy atom. The monoisotopic (exact) mass is 351 g/mol. The van der Waals surface area contributed by atoms with Crippen molar-refractivity contribution in [1.82, 2.24) is 0 Å². The molecule has 2 N–H and O–H groups in total. The van der Waals surface area contributed by atoms with Crippen molar-refractivity contribution in [2.45, 2.75) is 32.6 Å². The molecule has 0 saturated carbocycles. The topological polar surface area (TPSA) is 26.0 Å². The van der Waals surface area contributed by atoms with Gasteiger partial charge in [0, 0.05) is 0 Å². The van der Waals surface area contributed by atoms with Gasteiger partial charge in [-0.3, -0.25) is 0 Å². The number of nitrogens with two attached hydrogens (primary N) is 1. The van der Waals surface area contributed by atoms with Crippen LogP contribution in [-0.2, 0) is 0 Å². The average molecular weight is 350 g/mol. The second-order valence-electron chi connectivity index (χ2n) is 1.85. The van der Waals surface area contributed by atoms with Crippen LogP contribution in [0.15, 0.2) is 0 Å². The second kappa shape index (κ2) is 16.2. The summed E-state index contributed by atoms with van der Waals surface area (Å²) in [5, 5.41) is 0. The third-order valence-corrected chi connectivity index (χ3v) is 1.06. The number of hydrogen-bond acceptors (Lipinski definition) is 1. The van der Waals surface area contributed by atoms with Gasteiger partial charge in [0.15, 0.2) is 0 Å². The van der Waals surface area contributed by atoms with Gasteiger partial charge in [0.2, 0.25) is 0 Å². The minimum atomic E-state index is 0. The molecule has 0 bridgehead atoms. The molecule has 0 atom stereocenters. The summed E-state index contributed by atoms with van der Waals surface area (Å²) >= 11 is 0. The van der Waals surface area contributed by atoms with Gasteiger partial charge in [-0.25, -0.2) is 0 Å². The third kappa shape index (κ3) is 17.7. The Bertz CT molecular complexity index is 32.2. The quantitative estimate of drug-likeness (QED) is 0.461. The van der Waals surface area contributed by atoms with Crippen LogP contribution in [0.1, 0.15) is 32.6 Å². The van der Waals surface area contributed by atoms with Crippen LogP contribution in [0.3, 0.4) is 0 Å². The molecule has 0 rings (SSSR count). The van der Waals surface area contributed by atoms with E-state index in [1.165, 1.54) is 25.7 Å². The Morgan fingerprint density at radius 1 is 1.11 bits per heavy atom. The first-order valence-corrected chi connectivity index (χ1v) is 3.12. The standard InChI is InChI=1S/C6H15N.HI.Sn.2H/c1-2-3-4-5-6-7;;;;/h2-7H2,1H3;1H;;;. The Hall–Kier alpha value is 1.49. The SMILES string of the molecule is CCCCCCN.I.[SnH2]. The van der Waals surface area contributed by atoms with Crippen LogP contribution in [0.4, 0.5) is 0 Å². The molecule has 0 spiro atoms. The molecule has 0 aliphatic carbocycles. The average Bonchev–Trinajstić information content (AvgIpc) is 1.69. The number of unbranched alkanes of at least 4 members (excludes halogenated alkanes) is 3. The molecule has 0 amide bonds. The molecule has 3 heteroatoms. The summed E-state index contributed by atoms with van der Waals surface area (Å²) in [5.41, 5.74) is 5.27. The van der Waals surface area contributed by atoms with Crippen molar-refractivity contribution < 1.29 is 0 Å². The van der Waals surface area contributed by atoms with E-state index < -0.39 is 0 Å². The van der Waals surface area contributed by atoms with Gasteiger partial charge in [-0.15, -0.1) is 24.0 Å². The zero-order valence-corrected chi connectivity index (χ0v) is 12.6. The first-order chi connectivity index (χ1) is 3.41. The first kappa shape index (κ1) is 16.8. The molecule has 0 aromatic heterocycles. The molecule has 0 fully saturated rings. The van der Waals surface area contributed by atoms with Gasteiger partial charge >= 0.3 is 23.9 Å². The van der Waals surface area contributed by atoms with Crippen LogP contribution in [-0.4, -0.2) is 30.5 Å². The van der Waals surface area contributed by atoms with Gasteiger partial charge in [0.05, 0.1) is 0 Å². The molecule has 0 heterocycles. The van der Waals surface area contributed by atoms with Crippen LogP contribution in [0.5, 0.6) is 0 Å². The normalized spacial score (nSPS) is 7.33. The van der Waals surface area contributed by atoms with E-state index in [0.29, 0.717) is 0 Å². The van der Waals surface area contributed by atoms with Crippen molar-refractivity contribution in [2.24, 2.45) is 5.73 Å². The summed E-state index contributed by atoms with van der Waals surface area (Å²) in [6, 6.07) is 0. The fourth-order valence-corrected chi connectivity index (χ4v) is 0.571. The van der Waals surface area contributed by atoms with Crippen molar-refractivity contribution >= 4 is 47.9 Å². The molecule has 0 aliphatic rings. The predicted octanol–water partition coefficient (Wildman–Crippen LogP) is 1.23. The van der Waals surface area contributed by atoms with E-state index >= 15 is 0 Å². The van der Waals surface area contributed by atoms with Gasteiger partial charge in [0.1, 0.15) is 0 Å². The van der Waals surface area contributed by atoms with E-state index in [2.05, 4.69) is 6.92 Å². The predicted molar refractivity (Wildman–Crippen MR) is 57.2 cm³/mol. The van der Waals surface area contributed by atoms with Gasteiger partial charge in [0.25, 0.3) is 0 Å². The van der Waals surface area contributed by atoms with Gasteiger partial charge in [-0.1, -0.05) is 26.2 Å². The summed E-state index contributed by atoms with van der Waals surface area (Å²) < 4.78 is 0. The summed E-state index contributed by atoms with van der Waals surface area (Å²) in [5.74, 6) is 0. The van der Waals surface area contributed by atoms with Gasteiger partial charge in [-0.2, -0.15) is 0 Å². The molecule has 0 aromatic carbocycles. The molecule has 58 valence electrons. The van der Waals surface area contributed by atoms with Gasteiger partial charge < -0.3 is 5.73 Å². The molecule has 2 radical (unpaired) electrons. The summed E-state index contributed by atoms with van der Waals surface area (Å²) in [4.78, 5) is 0. The molecule has 1 nitrogen and oxygen atoms in total. The molecule has 0 aliphatic heterocycles.